The first-order valence-electron chi connectivity index (χ1n) is 8.60. The van der Waals surface area contributed by atoms with Crippen LogP contribution in [0, 0.1) is 0 Å². The van der Waals surface area contributed by atoms with Crippen molar-refractivity contribution < 1.29 is 9.53 Å². The molecule has 4 aromatic rings. The van der Waals surface area contributed by atoms with Crippen LogP contribution in [0.5, 0.6) is 0 Å². The van der Waals surface area contributed by atoms with Crippen LogP contribution in [0.2, 0.25) is 0 Å². The number of hydrogen-bond acceptors (Lipinski definition) is 2. The van der Waals surface area contributed by atoms with Gasteiger partial charge in [0.15, 0.2) is 0 Å². The van der Waals surface area contributed by atoms with Crippen LogP contribution in [-0.4, -0.2) is 28.8 Å². The topological polar surface area (TPSA) is 48.2 Å². The lowest BCUT2D eigenvalue weighted by atomic mass is 10.1. The van der Waals surface area contributed by atoms with Crippen molar-refractivity contribution in [3.8, 4) is 0 Å². The first kappa shape index (κ1) is 16.4. The highest BCUT2D eigenvalue weighted by Crippen LogP contribution is 2.25. The largest absolute Gasteiger partial charge is 0.383 e. The molecular formula is C21H21N3O2. The maximum atomic E-state index is 12.8. The predicted molar refractivity (Wildman–Crippen MR) is 105 cm³/mol. The van der Waals surface area contributed by atoms with Crippen molar-refractivity contribution in [3.05, 3.63) is 66.5 Å². The number of amides is 1. The number of anilines is 1. The zero-order chi connectivity index (χ0) is 18.1. The van der Waals surface area contributed by atoms with Crippen molar-refractivity contribution in [3.63, 3.8) is 0 Å². The van der Waals surface area contributed by atoms with Crippen molar-refractivity contribution in [2.45, 2.75) is 6.54 Å². The molecule has 1 amide bonds. The van der Waals surface area contributed by atoms with Gasteiger partial charge in [0.1, 0.15) is 0 Å². The number of aryl methyl sites for hydroxylation is 1. The summed E-state index contributed by atoms with van der Waals surface area (Å²) in [4.78, 5) is 12.8. The Morgan fingerprint density at radius 1 is 1.08 bits per heavy atom. The van der Waals surface area contributed by atoms with Gasteiger partial charge < -0.3 is 19.2 Å². The fourth-order valence-corrected chi connectivity index (χ4v) is 3.32. The van der Waals surface area contributed by atoms with Gasteiger partial charge in [-0.3, -0.25) is 4.79 Å². The lowest BCUT2D eigenvalue weighted by Gasteiger charge is -2.09. The lowest BCUT2D eigenvalue weighted by Crippen LogP contribution is -2.12. The summed E-state index contributed by atoms with van der Waals surface area (Å²) >= 11 is 0. The molecule has 5 heteroatoms. The molecule has 0 saturated heterocycles. The SMILES string of the molecule is COCCn1ccc2ccc(C(=O)Nc3cccc4c3ccn4C)cc21. The molecule has 2 aromatic heterocycles. The zero-order valence-electron chi connectivity index (χ0n) is 14.9. The van der Waals surface area contributed by atoms with Crippen molar-refractivity contribution in [1.82, 2.24) is 9.13 Å². The van der Waals surface area contributed by atoms with Crippen LogP contribution in [0.1, 0.15) is 10.4 Å². The van der Waals surface area contributed by atoms with Crippen molar-refractivity contribution in [2.24, 2.45) is 7.05 Å². The number of hydrogen-bond donors (Lipinski definition) is 1. The van der Waals surface area contributed by atoms with Gasteiger partial charge >= 0.3 is 0 Å². The highest BCUT2D eigenvalue weighted by Gasteiger charge is 2.11. The summed E-state index contributed by atoms with van der Waals surface area (Å²) in [5, 5.41) is 5.20. The minimum absolute atomic E-state index is 0.109. The number of ether oxygens (including phenoxy) is 1. The summed E-state index contributed by atoms with van der Waals surface area (Å²) in [5.74, 6) is -0.109. The monoisotopic (exact) mass is 347 g/mol. The van der Waals surface area contributed by atoms with Crippen molar-refractivity contribution in [1.29, 1.82) is 0 Å². The molecule has 132 valence electrons. The van der Waals surface area contributed by atoms with Gasteiger partial charge in [0.05, 0.1) is 12.3 Å². The van der Waals surface area contributed by atoms with E-state index < -0.39 is 0 Å². The number of nitrogens with one attached hydrogen (secondary N) is 1. The Balaban J connectivity index is 1.65. The van der Waals surface area contributed by atoms with Crippen LogP contribution in [-0.2, 0) is 18.3 Å². The highest BCUT2D eigenvalue weighted by molar-refractivity contribution is 6.10. The summed E-state index contributed by atoms with van der Waals surface area (Å²) < 4.78 is 9.31. The van der Waals surface area contributed by atoms with E-state index in [4.69, 9.17) is 4.74 Å². The third-order valence-electron chi connectivity index (χ3n) is 4.75. The highest BCUT2D eigenvalue weighted by atomic mass is 16.5. The number of fused-ring (bicyclic) bond motifs is 2. The molecule has 0 radical (unpaired) electrons. The molecular weight excluding hydrogens is 326 g/mol. The minimum Gasteiger partial charge on any atom is -0.383 e. The second kappa shape index (κ2) is 6.69. The second-order valence-electron chi connectivity index (χ2n) is 6.39. The van der Waals surface area contributed by atoms with Crippen LogP contribution in [0.25, 0.3) is 21.8 Å². The molecule has 0 aliphatic carbocycles. The summed E-state index contributed by atoms with van der Waals surface area (Å²) in [6.07, 6.45) is 4.02. The normalized spacial score (nSPS) is 11.3. The Morgan fingerprint density at radius 2 is 1.96 bits per heavy atom. The minimum atomic E-state index is -0.109. The third-order valence-corrected chi connectivity index (χ3v) is 4.75. The molecule has 5 nitrogen and oxygen atoms in total. The first-order valence-corrected chi connectivity index (χ1v) is 8.60. The Labute approximate surface area is 151 Å². The Bertz CT molecular complexity index is 1090. The van der Waals surface area contributed by atoms with E-state index in [0.29, 0.717) is 12.2 Å². The Kier molecular flexibility index (Phi) is 4.22. The van der Waals surface area contributed by atoms with Gasteiger partial charge in [0.25, 0.3) is 5.91 Å². The lowest BCUT2D eigenvalue weighted by molar-refractivity contribution is 0.102. The average Bonchev–Trinajstić information content (AvgIpc) is 3.24. The van der Waals surface area contributed by atoms with E-state index in [1.165, 1.54) is 0 Å². The second-order valence-corrected chi connectivity index (χ2v) is 6.39. The van der Waals surface area contributed by atoms with Gasteiger partial charge in [-0.15, -0.1) is 0 Å². The predicted octanol–water partition coefficient (Wildman–Crippen LogP) is 4.03. The van der Waals surface area contributed by atoms with Crippen LogP contribution < -0.4 is 5.32 Å². The maximum absolute atomic E-state index is 12.8. The Morgan fingerprint density at radius 3 is 2.81 bits per heavy atom. The number of carbonyl (C=O) groups is 1. The van der Waals surface area contributed by atoms with E-state index in [-0.39, 0.29) is 5.91 Å². The van der Waals surface area contributed by atoms with E-state index in [2.05, 4.69) is 16.0 Å². The number of methoxy groups -OCH3 is 1. The quantitative estimate of drug-likeness (QED) is 0.592. The molecule has 0 fully saturated rings. The van der Waals surface area contributed by atoms with E-state index >= 15 is 0 Å². The van der Waals surface area contributed by atoms with Crippen molar-refractivity contribution in [2.75, 3.05) is 19.0 Å². The number of aromatic nitrogens is 2. The van der Waals surface area contributed by atoms with Gasteiger partial charge in [-0.2, -0.15) is 0 Å². The fourth-order valence-electron chi connectivity index (χ4n) is 3.32. The standard InChI is InChI=1S/C21H21N3O2/c1-23-10-9-17-18(4-3-5-19(17)23)22-21(25)16-7-6-15-8-11-24(12-13-26-2)20(15)14-16/h3-11,14H,12-13H2,1-2H3,(H,22,25). The first-order chi connectivity index (χ1) is 12.7. The van der Waals surface area contributed by atoms with E-state index in [1.807, 2.05) is 66.5 Å². The smallest absolute Gasteiger partial charge is 0.255 e. The zero-order valence-corrected chi connectivity index (χ0v) is 14.9. The van der Waals surface area contributed by atoms with Gasteiger partial charge in [-0.05, 0) is 41.8 Å². The molecule has 0 saturated carbocycles. The number of nitrogens with zero attached hydrogens (tertiary/aromatic N) is 2. The number of carbonyl (C=O) groups excluding carboxylic acids is 1. The van der Waals surface area contributed by atoms with Gasteiger partial charge in [-0.1, -0.05) is 12.1 Å². The average molecular weight is 347 g/mol. The Hall–Kier alpha value is -3.05. The molecule has 2 heterocycles. The molecule has 2 aromatic carbocycles. The summed E-state index contributed by atoms with van der Waals surface area (Å²) in [5.41, 5.74) is 3.59. The van der Waals surface area contributed by atoms with E-state index in [0.717, 1.165) is 34.0 Å². The molecule has 0 atom stereocenters. The van der Waals surface area contributed by atoms with Gasteiger partial charge in [-0.25, -0.2) is 0 Å². The van der Waals surface area contributed by atoms with Crippen LogP contribution >= 0.6 is 0 Å². The molecule has 4 rings (SSSR count). The summed E-state index contributed by atoms with van der Waals surface area (Å²) in [6, 6.07) is 15.8. The molecule has 0 bridgehead atoms. The van der Waals surface area contributed by atoms with Crippen LogP contribution in [0.4, 0.5) is 5.69 Å². The van der Waals surface area contributed by atoms with Crippen LogP contribution in [0.15, 0.2) is 60.9 Å². The van der Waals surface area contributed by atoms with Crippen molar-refractivity contribution >= 4 is 33.4 Å². The molecule has 1 N–H and O–H groups in total. The molecule has 26 heavy (non-hydrogen) atoms. The molecule has 0 unspecified atom stereocenters. The molecule has 0 aliphatic heterocycles. The maximum Gasteiger partial charge on any atom is 0.255 e. The number of rotatable bonds is 5. The van der Waals surface area contributed by atoms with Gasteiger partial charge in [0, 0.05) is 55.1 Å². The fraction of sp³-hybridized carbons (Fsp3) is 0.190. The molecule has 0 spiro atoms. The number of benzene rings is 2. The van der Waals surface area contributed by atoms with E-state index in [9.17, 15) is 4.79 Å². The summed E-state index contributed by atoms with van der Waals surface area (Å²) in [7, 11) is 3.69. The van der Waals surface area contributed by atoms with Crippen LogP contribution in [0.3, 0.4) is 0 Å². The van der Waals surface area contributed by atoms with E-state index in [1.54, 1.807) is 7.11 Å². The van der Waals surface area contributed by atoms with Gasteiger partial charge in [0.2, 0.25) is 0 Å². The molecule has 0 aliphatic rings. The third kappa shape index (κ3) is 2.86. The summed E-state index contributed by atoms with van der Waals surface area (Å²) in [6.45, 7) is 1.39.